The van der Waals surface area contributed by atoms with Crippen molar-refractivity contribution >= 4 is 11.8 Å². The molecule has 18 heavy (non-hydrogen) atoms. The third-order valence-electron chi connectivity index (χ3n) is 4.53. The summed E-state index contributed by atoms with van der Waals surface area (Å²) in [5, 5.41) is 3.85. The molecule has 2 aliphatic rings. The molecule has 0 aromatic heterocycles. The predicted octanol–water partition coefficient (Wildman–Crippen LogP) is 2.98. The SMILES string of the molecule is CC(C)N1CCCC(NCC2CCSCC2)CC1. The summed E-state index contributed by atoms with van der Waals surface area (Å²) in [7, 11) is 0. The van der Waals surface area contributed by atoms with Crippen LogP contribution >= 0.6 is 11.8 Å². The van der Waals surface area contributed by atoms with Gasteiger partial charge in [0.2, 0.25) is 0 Å². The summed E-state index contributed by atoms with van der Waals surface area (Å²) in [4.78, 5) is 2.64. The van der Waals surface area contributed by atoms with Crippen molar-refractivity contribution in [2.45, 2.75) is 58.0 Å². The molecule has 0 radical (unpaired) electrons. The van der Waals surface area contributed by atoms with Crippen molar-refractivity contribution in [1.29, 1.82) is 0 Å². The zero-order valence-corrected chi connectivity index (χ0v) is 13.0. The summed E-state index contributed by atoms with van der Waals surface area (Å²) in [6, 6.07) is 1.50. The minimum absolute atomic E-state index is 0.721. The van der Waals surface area contributed by atoms with Crippen molar-refractivity contribution < 1.29 is 0 Å². The topological polar surface area (TPSA) is 15.3 Å². The van der Waals surface area contributed by atoms with Gasteiger partial charge in [0.05, 0.1) is 0 Å². The zero-order valence-electron chi connectivity index (χ0n) is 12.2. The smallest absolute Gasteiger partial charge is 0.00798 e. The van der Waals surface area contributed by atoms with E-state index < -0.39 is 0 Å². The summed E-state index contributed by atoms with van der Waals surface area (Å²) < 4.78 is 0. The van der Waals surface area contributed by atoms with E-state index in [1.807, 2.05) is 0 Å². The summed E-state index contributed by atoms with van der Waals surface area (Å²) in [6.45, 7) is 8.51. The predicted molar refractivity (Wildman–Crippen MR) is 82.4 cm³/mol. The molecule has 2 aliphatic heterocycles. The van der Waals surface area contributed by atoms with Crippen LogP contribution < -0.4 is 5.32 Å². The molecular formula is C15H30N2S. The lowest BCUT2D eigenvalue weighted by atomic mass is 10.0. The summed E-state index contributed by atoms with van der Waals surface area (Å²) in [5.74, 6) is 3.73. The fourth-order valence-corrected chi connectivity index (χ4v) is 4.33. The molecule has 0 aromatic rings. The van der Waals surface area contributed by atoms with Gasteiger partial charge in [0.1, 0.15) is 0 Å². The first-order valence-electron chi connectivity index (χ1n) is 7.81. The van der Waals surface area contributed by atoms with Gasteiger partial charge < -0.3 is 10.2 Å². The van der Waals surface area contributed by atoms with E-state index in [-0.39, 0.29) is 0 Å². The fraction of sp³-hybridized carbons (Fsp3) is 1.00. The van der Waals surface area contributed by atoms with Crippen LogP contribution in [-0.4, -0.2) is 48.1 Å². The van der Waals surface area contributed by atoms with Crippen molar-refractivity contribution in [3.63, 3.8) is 0 Å². The largest absolute Gasteiger partial charge is 0.314 e. The van der Waals surface area contributed by atoms with Crippen molar-refractivity contribution in [2.75, 3.05) is 31.1 Å². The van der Waals surface area contributed by atoms with Crippen molar-refractivity contribution in [2.24, 2.45) is 5.92 Å². The highest BCUT2D eigenvalue weighted by Gasteiger charge is 2.20. The van der Waals surface area contributed by atoms with Crippen LogP contribution in [0.15, 0.2) is 0 Å². The molecule has 2 fully saturated rings. The number of hydrogen-bond donors (Lipinski definition) is 1. The molecule has 3 heteroatoms. The molecule has 2 rings (SSSR count). The summed E-state index contributed by atoms with van der Waals surface area (Å²) in [6.07, 6.45) is 6.96. The molecular weight excluding hydrogens is 240 g/mol. The van der Waals surface area contributed by atoms with Crippen LogP contribution in [0.4, 0.5) is 0 Å². The maximum absolute atomic E-state index is 3.85. The number of rotatable bonds is 4. The molecule has 2 heterocycles. The first-order valence-corrected chi connectivity index (χ1v) is 8.96. The molecule has 0 spiro atoms. The highest BCUT2D eigenvalue weighted by Crippen LogP contribution is 2.22. The van der Waals surface area contributed by atoms with Crippen LogP contribution in [0.3, 0.4) is 0 Å². The zero-order chi connectivity index (χ0) is 12.8. The van der Waals surface area contributed by atoms with Gasteiger partial charge in [-0.2, -0.15) is 11.8 Å². The van der Waals surface area contributed by atoms with Gasteiger partial charge in [-0.15, -0.1) is 0 Å². The summed E-state index contributed by atoms with van der Waals surface area (Å²) >= 11 is 2.13. The van der Waals surface area contributed by atoms with Crippen LogP contribution in [-0.2, 0) is 0 Å². The van der Waals surface area contributed by atoms with E-state index in [1.54, 1.807) is 0 Å². The molecule has 1 atom stereocenters. The molecule has 2 nitrogen and oxygen atoms in total. The second-order valence-corrected chi connectivity index (χ2v) is 7.45. The van der Waals surface area contributed by atoms with Crippen LogP contribution in [0.5, 0.6) is 0 Å². The van der Waals surface area contributed by atoms with Gasteiger partial charge in [0, 0.05) is 12.1 Å². The Morgan fingerprint density at radius 1 is 1.11 bits per heavy atom. The number of likely N-dealkylation sites (tertiary alicyclic amines) is 1. The minimum atomic E-state index is 0.721. The quantitative estimate of drug-likeness (QED) is 0.845. The van der Waals surface area contributed by atoms with Crippen LogP contribution in [0.25, 0.3) is 0 Å². The lowest BCUT2D eigenvalue weighted by Crippen LogP contribution is -2.36. The first kappa shape index (κ1) is 14.7. The Morgan fingerprint density at radius 3 is 2.61 bits per heavy atom. The number of nitrogens with one attached hydrogen (secondary N) is 1. The lowest BCUT2D eigenvalue weighted by Gasteiger charge is -2.26. The van der Waals surface area contributed by atoms with Gasteiger partial charge >= 0.3 is 0 Å². The lowest BCUT2D eigenvalue weighted by molar-refractivity contribution is 0.228. The average Bonchev–Trinajstić information content (AvgIpc) is 2.63. The molecule has 1 N–H and O–H groups in total. The molecule has 2 saturated heterocycles. The van der Waals surface area contributed by atoms with Gasteiger partial charge in [0.15, 0.2) is 0 Å². The van der Waals surface area contributed by atoms with Crippen LogP contribution in [0.1, 0.15) is 46.0 Å². The van der Waals surface area contributed by atoms with Crippen molar-refractivity contribution in [1.82, 2.24) is 10.2 Å². The molecule has 0 amide bonds. The Hall–Kier alpha value is 0.270. The second-order valence-electron chi connectivity index (χ2n) is 6.22. The van der Waals surface area contributed by atoms with E-state index in [9.17, 15) is 0 Å². The monoisotopic (exact) mass is 270 g/mol. The molecule has 0 aromatic carbocycles. The van der Waals surface area contributed by atoms with Crippen LogP contribution in [0.2, 0.25) is 0 Å². The van der Waals surface area contributed by atoms with Gasteiger partial charge in [-0.3, -0.25) is 0 Å². The average molecular weight is 270 g/mol. The Morgan fingerprint density at radius 2 is 1.89 bits per heavy atom. The van der Waals surface area contributed by atoms with E-state index in [4.69, 9.17) is 0 Å². The maximum Gasteiger partial charge on any atom is 0.00798 e. The third-order valence-corrected chi connectivity index (χ3v) is 5.58. The molecule has 1 unspecified atom stereocenters. The van der Waals surface area contributed by atoms with Gasteiger partial charge in [-0.25, -0.2) is 0 Å². The first-order chi connectivity index (χ1) is 8.75. The number of hydrogen-bond acceptors (Lipinski definition) is 3. The van der Waals surface area contributed by atoms with Crippen LogP contribution in [0, 0.1) is 5.92 Å². The third kappa shape index (κ3) is 4.75. The van der Waals surface area contributed by atoms with Gasteiger partial charge in [-0.1, -0.05) is 0 Å². The Bertz CT molecular complexity index is 227. The minimum Gasteiger partial charge on any atom is -0.314 e. The Balaban J connectivity index is 1.66. The normalized spacial score (nSPS) is 28.5. The van der Waals surface area contributed by atoms with Crippen molar-refractivity contribution in [3.05, 3.63) is 0 Å². The van der Waals surface area contributed by atoms with Gasteiger partial charge in [-0.05, 0) is 83.0 Å². The van der Waals surface area contributed by atoms with Crippen molar-refractivity contribution in [3.8, 4) is 0 Å². The number of thioether (sulfide) groups is 1. The molecule has 0 bridgehead atoms. The van der Waals surface area contributed by atoms with E-state index in [0.717, 1.165) is 18.0 Å². The highest BCUT2D eigenvalue weighted by molar-refractivity contribution is 7.99. The van der Waals surface area contributed by atoms with Gasteiger partial charge in [0.25, 0.3) is 0 Å². The second kappa shape index (κ2) is 7.76. The van der Waals surface area contributed by atoms with E-state index in [2.05, 4.69) is 35.8 Å². The standard InChI is InChI=1S/C15H30N2S/c1-13(2)17-8-3-4-15(5-9-17)16-12-14-6-10-18-11-7-14/h13-16H,3-12H2,1-2H3. The maximum atomic E-state index is 3.85. The highest BCUT2D eigenvalue weighted by atomic mass is 32.2. The number of nitrogens with zero attached hydrogens (tertiary/aromatic N) is 1. The fourth-order valence-electron chi connectivity index (χ4n) is 3.12. The Labute approximate surface area is 117 Å². The van der Waals surface area contributed by atoms with E-state index >= 15 is 0 Å². The molecule has 106 valence electrons. The van der Waals surface area contributed by atoms with E-state index in [0.29, 0.717) is 0 Å². The molecule has 0 saturated carbocycles. The summed E-state index contributed by atoms with van der Waals surface area (Å²) in [5.41, 5.74) is 0. The van der Waals surface area contributed by atoms with E-state index in [1.165, 1.54) is 63.2 Å². The molecule has 0 aliphatic carbocycles. The Kier molecular flexibility index (Phi) is 6.33.